The molecular formula is C17H24N2O. The summed E-state index contributed by atoms with van der Waals surface area (Å²) in [5.41, 5.74) is 3.58. The average molecular weight is 272 g/mol. The fourth-order valence-electron chi connectivity index (χ4n) is 3.70. The minimum absolute atomic E-state index is 0.220. The fraction of sp³-hybridized carbons (Fsp3) is 0.588. The molecule has 3 rings (SSSR count). The van der Waals surface area contributed by atoms with Gasteiger partial charge in [0.25, 0.3) is 5.91 Å². The van der Waals surface area contributed by atoms with Crippen molar-refractivity contribution < 1.29 is 4.79 Å². The van der Waals surface area contributed by atoms with Crippen LogP contribution in [-0.4, -0.2) is 37.0 Å². The molecule has 2 heterocycles. The molecule has 0 aromatic heterocycles. The van der Waals surface area contributed by atoms with Crippen LogP contribution in [0, 0.1) is 19.3 Å². The number of rotatable bonds is 1. The van der Waals surface area contributed by atoms with E-state index < -0.39 is 0 Å². The molecule has 0 radical (unpaired) electrons. The van der Waals surface area contributed by atoms with Crippen molar-refractivity contribution in [1.29, 1.82) is 0 Å². The molecule has 20 heavy (non-hydrogen) atoms. The van der Waals surface area contributed by atoms with Crippen LogP contribution in [0.1, 0.15) is 40.7 Å². The molecule has 0 bridgehead atoms. The molecular weight excluding hydrogens is 248 g/mol. The molecule has 3 heteroatoms. The first-order chi connectivity index (χ1) is 9.60. The van der Waals surface area contributed by atoms with Crippen LogP contribution in [0.15, 0.2) is 18.2 Å². The van der Waals surface area contributed by atoms with Crippen LogP contribution >= 0.6 is 0 Å². The number of carbonyl (C=O) groups is 1. The highest BCUT2D eigenvalue weighted by atomic mass is 16.2. The van der Waals surface area contributed by atoms with Crippen molar-refractivity contribution in [2.24, 2.45) is 5.41 Å². The number of piperidine rings is 1. The lowest BCUT2D eigenvalue weighted by molar-refractivity contribution is 0.0761. The molecule has 2 aliphatic rings. The van der Waals surface area contributed by atoms with E-state index in [0.29, 0.717) is 5.41 Å². The number of benzene rings is 1. The molecule has 0 atom stereocenters. The zero-order chi connectivity index (χ0) is 14.2. The minimum Gasteiger partial charge on any atom is -0.338 e. The number of likely N-dealkylation sites (tertiary alicyclic amines) is 1. The Balaban J connectivity index is 1.75. The average Bonchev–Trinajstić information content (AvgIpc) is 2.83. The second-order valence-corrected chi connectivity index (χ2v) is 6.55. The van der Waals surface area contributed by atoms with Gasteiger partial charge in [-0.05, 0) is 63.2 Å². The summed E-state index contributed by atoms with van der Waals surface area (Å²) in [6, 6.07) is 6.13. The molecule has 108 valence electrons. The van der Waals surface area contributed by atoms with E-state index in [1.165, 1.54) is 24.8 Å². The SMILES string of the molecule is Cc1ccc(C(=O)N2CCC3(CCNCC3)C2)c(C)c1. The van der Waals surface area contributed by atoms with Crippen molar-refractivity contribution in [2.75, 3.05) is 26.2 Å². The Morgan fingerprint density at radius 2 is 1.95 bits per heavy atom. The summed E-state index contributed by atoms with van der Waals surface area (Å²) in [6.07, 6.45) is 3.60. The summed E-state index contributed by atoms with van der Waals surface area (Å²) >= 11 is 0. The van der Waals surface area contributed by atoms with Crippen LogP contribution < -0.4 is 5.32 Å². The highest BCUT2D eigenvalue weighted by Gasteiger charge is 2.40. The molecule has 2 aliphatic heterocycles. The summed E-state index contributed by atoms with van der Waals surface area (Å²) in [7, 11) is 0. The maximum Gasteiger partial charge on any atom is 0.254 e. The first-order valence-electron chi connectivity index (χ1n) is 7.67. The van der Waals surface area contributed by atoms with E-state index in [9.17, 15) is 4.79 Å². The van der Waals surface area contributed by atoms with Gasteiger partial charge < -0.3 is 10.2 Å². The van der Waals surface area contributed by atoms with Crippen LogP contribution in [-0.2, 0) is 0 Å². The van der Waals surface area contributed by atoms with Gasteiger partial charge in [-0.1, -0.05) is 17.7 Å². The largest absolute Gasteiger partial charge is 0.338 e. The van der Waals surface area contributed by atoms with Gasteiger partial charge in [-0.3, -0.25) is 4.79 Å². The monoisotopic (exact) mass is 272 g/mol. The predicted molar refractivity (Wildman–Crippen MR) is 81.0 cm³/mol. The van der Waals surface area contributed by atoms with Crippen LogP contribution in [0.4, 0.5) is 0 Å². The van der Waals surface area contributed by atoms with Crippen molar-refractivity contribution in [3.8, 4) is 0 Å². The number of nitrogens with zero attached hydrogens (tertiary/aromatic N) is 1. The Bertz CT molecular complexity index is 518. The number of hydrogen-bond acceptors (Lipinski definition) is 2. The van der Waals surface area contributed by atoms with Crippen LogP contribution in [0.3, 0.4) is 0 Å². The van der Waals surface area contributed by atoms with Crippen molar-refractivity contribution in [2.45, 2.75) is 33.1 Å². The van der Waals surface area contributed by atoms with Crippen LogP contribution in [0.5, 0.6) is 0 Å². The van der Waals surface area contributed by atoms with E-state index in [2.05, 4.69) is 23.2 Å². The summed E-state index contributed by atoms with van der Waals surface area (Å²) in [4.78, 5) is 14.8. The topological polar surface area (TPSA) is 32.3 Å². The van der Waals surface area contributed by atoms with E-state index in [1.807, 2.05) is 19.1 Å². The van der Waals surface area contributed by atoms with Crippen molar-refractivity contribution in [3.05, 3.63) is 34.9 Å². The highest BCUT2D eigenvalue weighted by molar-refractivity contribution is 5.95. The molecule has 1 aromatic rings. The Kier molecular flexibility index (Phi) is 3.55. The molecule has 0 aliphatic carbocycles. The first-order valence-corrected chi connectivity index (χ1v) is 7.67. The second kappa shape index (κ2) is 5.21. The third kappa shape index (κ3) is 2.47. The minimum atomic E-state index is 0.220. The Labute approximate surface area is 121 Å². The smallest absolute Gasteiger partial charge is 0.254 e. The molecule has 1 N–H and O–H groups in total. The lowest BCUT2D eigenvalue weighted by Gasteiger charge is -2.33. The van der Waals surface area contributed by atoms with Crippen LogP contribution in [0.25, 0.3) is 0 Å². The van der Waals surface area contributed by atoms with E-state index in [4.69, 9.17) is 0 Å². The fourth-order valence-corrected chi connectivity index (χ4v) is 3.70. The summed E-state index contributed by atoms with van der Waals surface area (Å²) in [5, 5.41) is 3.42. The van der Waals surface area contributed by atoms with Gasteiger partial charge in [0, 0.05) is 18.7 Å². The Morgan fingerprint density at radius 1 is 1.20 bits per heavy atom. The molecule has 2 saturated heterocycles. The molecule has 1 aromatic carbocycles. The predicted octanol–water partition coefficient (Wildman–Crippen LogP) is 2.52. The molecule has 1 amide bonds. The third-order valence-electron chi connectivity index (χ3n) is 5.00. The standard InChI is InChI=1S/C17H24N2O/c1-13-3-4-15(14(2)11-13)16(20)19-10-7-17(12-19)5-8-18-9-6-17/h3-4,11,18H,5-10,12H2,1-2H3. The molecule has 0 saturated carbocycles. The van der Waals surface area contributed by atoms with Gasteiger partial charge in [0.15, 0.2) is 0 Å². The van der Waals surface area contributed by atoms with Crippen LogP contribution in [0.2, 0.25) is 0 Å². The quantitative estimate of drug-likeness (QED) is 0.852. The number of carbonyl (C=O) groups excluding carboxylic acids is 1. The molecule has 0 unspecified atom stereocenters. The zero-order valence-electron chi connectivity index (χ0n) is 12.5. The van der Waals surface area contributed by atoms with Gasteiger partial charge in [-0.25, -0.2) is 0 Å². The van der Waals surface area contributed by atoms with Gasteiger partial charge in [0.1, 0.15) is 0 Å². The zero-order valence-corrected chi connectivity index (χ0v) is 12.5. The van der Waals surface area contributed by atoms with Gasteiger partial charge in [-0.15, -0.1) is 0 Å². The van der Waals surface area contributed by atoms with E-state index in [1.54, 1.807) is 0 Å². The van der Waals surface area contributed by atoms with Gasteiger partial charge in [0.05, 0.1) is 0 Å². The van der Waals surface area contributed by atoms with Crippen molar-refractivity contribution >= 4 is 5.91 Å². The Morgan fingerprint density at radius 3 is 2.65 bits per heavy atom. The number of hydrogen-bond donors (Lipinski definition) is 1. The van der Waals surface area contributed by atoms with Crippen molar-refractivity contribution in [3.63, 3.8) is 0 Å². The van der Waals surface area contributed by atoms with Gasteiger partial charge in [-0.2, -0.15) is 0 Å². The van der Waals surface area contributed by atoms with Gasteiger partial charge >= 0.3 is 0 Å². The molecule has 2 fully saturated rings. The maximum absolute atomic E-state index is 12.7. The molecule has 1 spiro atoms. The number of aryl methyl sites for hydroxylation is 2. The number of nitrogens with one attached hydrogen (secondary N) is 1. The summed E-state index contributed by atoms with van der Waals surface area (Å²) in [5.74, 6) is 0.220. The lowest BCUT2D eigenvalue weighted by Crippen LogP contribution is -2.39. The van der Waals surface area contributed by atoms with Gasteiger partial charge in [0.2, 0.25) is 0 Å². The molecule has 3 nitrogen and oxygen atoms in total. The van der Waals surface area contributed by atoms with E-state index >= 15 is 0 Å². The first kappa shape index (κ1) is 13.6. The summed E-state index contributed by atoms with van der Waals surface area (Å²) < 4.78 is 0. The normalized spacial score (nSPS) is 21.4. The highest BCUT2D eigenvalue weighted by Crippen LogP contribution is 2.39. The van der Waals surface area contributed by atoms with E-state index in [-0.39, 0.29) is 5.91 Å². The number of amides is 1. The third-order valence-corrected chi connectivity index (χ3v) is 5.00. The second-order valence-electron chi connectivity index (χ2n) is 6.55. The summed E-state index contributed by atoms with van der Waals surface area (Å²) in [6.45, 7) is 8.18. The van der Waals surface area contributed by atoms with Crippen molar-refractivity contribution in [1.82, 2.24) is 10.2 Å². The lowest BCUT2D eigenvalue weighted by atomic mass is 9.78. The van der Waals surface area contributed by atoms with E-state index in [0.717, 1.165) is 37.3 Å². The Hall–Kier alpha value is -1.35. The maximum atomic E-state index is 12.7.